The number of pyridine rings is 1. The molecule has 1 atom stereocenters. The maximum absolute atomic E-state index is 14.9. The Bertz CT molecular complexity index is 1310. The minimum atomic E-state index is -1.13. The minimum Gasteiger partial charge on any atom is -0.478 e. The third-order valence-corrected chi connectivity index (χ3v) is 5.28. The van der Waals surface area contributed by atoms with Crippen LogP contribution < -0.4 is 0 Å². The number of benzene rings is 3. The van der Waals surface area contributed by atoms with Crippen LogP contribution in [0.3, 0.4) is 0 Å². The monoisotopic (exact) mass is 429 g/mol. The third kappa shape index (κ3) is 4.21. The van der Waals surface area contributed by atoms with Crippen LogP contribution in [0.1, 0.15) is 39.1 Å². The van der Waals surface area contributed by atoms with Crippen LogP contribution in [0.2, 0.25) is 0 Å². The predicted octanol–water partition coefficient (Wildman–Crippen LogP) is 5.70. The number of carboxylic acid groups (broad SMARTS) is 1. The molecular formula is C26H20FNO4. The summed E-state index contributed by atoms with van der Waals surface area (Å²) in [6.45, 7) is 1.70. The van der Waals surface area contributed by atoms with Crippen LogP contribution in [0.4, 0.5) is 4.39 Å². The number of carbonyl (C=O) groups excluding carboxylic acids is 1. The van der Waals surface area contributed by atoms with E-state index in [1.807, 2.05) is 36.4 Å². The van der Waals surface area contributed by atoms with Crippen LogP contribution in [0.5, 0.6) is 0 Å². The van der Waals surface area contributed by atoms with Crippen molar-refractivity contribution in [1.29, 1.82) is 0 Å². The molecule has 0 aliphatic heterocycles. The second-order valence-corrected chi connectivity index (χ2v) is 7.47. The van der Waals surface area contributed by atoms with Gasteiger partial charge >= 0.3 is 11.9 Å². The molecule has 4 rings (SSSR count). The molecule has 0 bridgehead atoms. The number of esters is 1. The van der Waals surface area contributed by atoms with E-state index in [2.05, 4.69) is 4.98 Å². The SMILES string of the molecule is CC(COC(=O)c1cccc(C(=O)O)c1)c1c(F)cccc1-c1nccc2ccccc12. The van der Waals surface area contributed by atoms with Gasteiger partial charge in [-0.15, -0.1) is 0 Å². The fraction of sp³-hybridized carbons (Fsp3) is 0.115. The Balaban J connectivity index is 1.62. The highest BCUT2D eigenvalue weighted by atomic mass is 19.1. The van der Waals surface area contributed by atoms with Crippen LogP contribution in [0.15, 0.2) is 79.0 Å². The lowest BCUT2D eigenvalue weighted by atomic mass is 9.92. The van der Waals surface area contributed by atoms with Crippen molar-refractivity contribution in [1.82, 2.24) is 4.98 Å². The van der Waals surface area contributed by atoms with Crippen molar-refractivity contribution < 1.29 is 23.8 Å². The number of carbonyl (C=O) groups is 2. The van der Waals surface area contributed by atoms with Crippen molar-refractivity contribution in [3.8, 4) is 11.3 Å². The van der Waals surface area contributed by atoms with Crippen LogP contribution in [-0.4, -0.2) is 28.6 Å². The van der Waals surface area contributed by atoms with Crippen LogP contribution in [-0.2, 0) is 4.74 Å². The Labute approximate surface area is 184 Å². The third-order valence-electron chi connectivity index (χ3n) is 5.28. The number of hydrogen-bond acceptors (Lipinski definition) is 4. The molecule has 1 unspecified atom stereocenters. The van der Waals surface area contributed by atoms with E-state index in [0.29, 0.717) is 16.8 Å². The number of halogens is 1. The maximum Gasteiger partial charge on any atom is 0.338 e. The Hall–Kier alpha value is -4.06. The molecule has 1 N–H and O–H groups in total. The molecule has 0 saturated carbocycles. The quantitative estimate of drug-likeness (QED) is 0.398. The van der Waals surface area contributed by atoms with E-state index in [4.69, 9.17) is 9.84 Å². The number of carboxylic acids is 1. The number of ether oxygens (including phenoxy) is 1. The summed E-state index contributed by atoms with van der Waals surface area (Å²) in [5, 5.41) is 11.0. The summed E-state index contributed by atoms with van der Waals surface area (Å²) in [6.07, 6.45) is 1.69. The Kier molecular flexibility index (Phi) is 5.94. The zero-order valence-corrected chi connectivity index (χ0v) is 17.3. The summed E-state index contributed by atoms with van der Waals surface area (Å²) >= 11 is 0. The van der Waals surface area contributed by atoms with E-state index in [1.165, 1.54) is 30.3 Å². The van der Waals surface area contributed by atoms with Crippen molar-refractivity contribution >= 4 is 22.7 Å². The lowest BCUT2D eigenvalue weighted by molar-refractivity contribution is 0.0484. The average Bonchev–Trinajstić information content (AvgIpc) is 2.81. The van der Waals surface area contributed by atoms with Gasteiger partial charge in [-0.05, 0) is 35.7 Å². The Morgan fingerprint density at radius 3 is 2.56 bits per heavy atom. The molecule has 160 valence electrons. The number of aromatic carboxylic acids is 1. The second kappa shape index (κ2) is 8.98. The first kappa shape index (κ1) is 21.2. The molecule has 4 aromatic rings. The van der Waals surface area contributed by atoms with Gasteiger partial charge in [-0.1, -0.05) is 49.4 Å². The summed E-state index contributed by atoms with van der Waals surface area (Å²) in [4.78, 5) is 28.1. The van der Waals surface area contributed by atoms with Crippen molar-refractivity contribution in [3.63, 3.8) is 0 Å². The number of rotatable bonds is 6. The van der Waals surface area contributed by atoms with Crippen molar-refractivity contribution in [2.45, 2.75) is 12.8 Å². The first-order chi connectivity index (χ1) is 15.5. The number of fused-ring (bicyclic) bond motifs is 1. The molecule has 1 aromatic heterocycles. The van der Waals surface area contributed by atoms with E-state index in [1.54, 1.807) is 19.2 Å². The average molecular weight is 429 g/mol. The highest BCUT2D eigenvalue weighted by molar-refractivity contribution is 5.96. The number of aromatic nitrogens is 1. The molecule has 0 radical (unpaired) electrons. The zero-order valence-electron chi connectivity index (χ0n) is 17.3. The lowest BCUT2D eigenvalue weighted by Gasteiger charge is -2.18. The fourth-order valence-corrected chi connectivity index (χ4v) is 3.73. The highest BCUT2D eigenvalue weighted by Gasteiger charge is 2.21. The van der Waals surface area contributed by atoms with E-state index >= 15 is 0 Å². The van der Waals surface area contributed by atoms with Gasteiger partial charge in [0.1, 0.15) is 5.82 Å². The summed E-state index contributed by atoms with van der Waals surface area (Å²) in [5.74, 6) is -2.67. The molecule has 0 spiro atoms. The van der Waals surface area contributed by atoms with Gasteiger partial charge in [-0.25, -0.2) is 14.0 Å². The van der Waals surface area contributed by atoms with Gasteiger partial charge in [-0.3, -0.25) is 4.98 Å². The predicted molar refractivity (Wildman–Crippen MR) is 119 cm³/mol. The van der Waals surface area contributed by atoms with Crippen LogP contribution in [0, 0.1) is 5.82 Å². The molecule has 32 heavy (non-hydrogen) atoms. The van der Waals surface area contributed by atoms with Crippen molar-refractivity contribution in [3.05, 3.63) is 102 Å². The number of nitrogens with zero attached hydrogens (tertiary/aromatic N) is 1. The van der Waals surface area contributed by atoms with Crippen LogP contribution >= 0.6 is 0 Å². The molecular weight excluding hydrogens is 409 g/mol. The molecule has 0 saturated heterocycles. The van der Waals surface area contributed by atoms with Crippen molar-refractivity contribution in [2.75, 3.05) is 6.61 Å². The molecule has 0 amide bonds. The fourth-order valence-electron chi connectivity index (χ4n) is 3.73. The lowest BCUT2D eigenvalue weighted by Crippen LogP contribution is -2.13. The molecule has 5 nitrogen and oxygen atoms in total. The van der Waals surface area contributed by atoms with Gasteiger partial charge < -0.3 is 9.84 Å². The van der Waals surface area contributed by atoms with Gasteiger partial charge in [0.05, 0.1) is 23.4 Å². The van der Waals surface area contributed by atoms with Gasteiger partial charge in [0.15, 0.2) is 0 Å². The smallest absolute Gasteiger partial charge is 0.338 e. The minimum absolute atomic E-state index is 0.00841. The largest absolute Gasteiger partial charge is 0.478 e. The number of hydrogen-bond donors (Lipinski definition) is 1. The van der Waals surface area contributed by atoms with Gasteiger partial charge in [-0.2, -0.15) is 0 Å². The molecule has 0 fully saturated rings. The molecule has 0 aliphatic rings. The van der Waals surface area contributed by atoms with E-state index in [9.17, 15) is 14.0 Å². The Morgan fingerprint density at radius 1 is 1.00 bits per heavy atom. The van der Waals surface area contributed by atoms with Crippen molar-refractivity contribution in [2.24, 2.45) is 0 Å². The van der Waals surface area contributed by atoms with Gasteiger partial charge in [0, 0.05) is 28.6 Å². The highest BCUT2D eigenvalue weighted by Crippen LogP contribution is 2.34. The van der Waals surface area contributed by atoms with E-state index < -0.39 is 23.7 Å². The molecule has 0 aliphatic carbocycles. The van der Waals surface area contributed by atoms with Gasteiger partial charge in [0.25, 0.3) is 0 Å². The standard InChI is InChI=1S/C26H20FNO4/c1-16(15-32-26(31)19-8-4-7-18(14-19)25(29)30)23-21(10-5-11-22(23)27)24-20-9-3-2-6-17(20)12-13-28-24/h2-14,16H,15H2,1H3,(H,29,30). The van der Waals surface area contributed by atoms with E-state index in [0.717, 1.165) is 10.8 Å². The second-order valence-electron chi connectivity index (χ2n) is 7.47. The molecule has 6 heteroatoms. The first-order valence-electron chi connectivity index (χ1n) is 10.1. The molecule has 1 heterocycles. The molecule has 3 aromatic carbocycles. The normalized spacial score (nSPS) is 11.8. The topological polar surface area (TPSA) is 76.5 Å². The first-order valence-corrected chi connectivity index (χ1v) is 10.1. The summed E-state index contributed by atoms with van der Waals surface area (Å²) < 4.78 is 20.3. The zero-order chi connectivity index (χ0) is 22.7. The summed E-state index contributed by atoms with van der Waals surface area (Å²) in [5.41, 5.74) is 1.82. The van der Waals surface area contributed by atoms with Crippen LogP contribution in [0.25, 0.3) is 22.0 Å². The summed E-state index contributed by atoms with van der Waals surface area (Å²) in [6, 6.07) is 20.1. The van der Waals surface area contributed by atoms with Gasteiger partial charge in [0.2, 0.25) is 0 Å². The summed E-state index contributed by atoms with van der Waals surface area (Å²) in [7, 11) is 0. The Morgan fingerprint density at radius 2 is 1.75 bits per heavy atom. The maximum atomic E-state index is 14.9. The van der Waals surface area contributed by atoms with E-state index in [-0.39, 0.29) is 17.7 Å².